The lowest BCUT2D eigenvalue weighted by atomic mass is 10.3. The summed E-state index contributed by atoms with van der Waals surface area (Å²) in [6, 6.07) is 0. The van der Waals surface area contributed by atoms with Gasteiger partial charge in [0.25, 0.3) is 0 Å². The van der Waals surface area contributed by atoms with Crippen molar-refractivity contribution >= 4 is 12.3 Å². The number of methoxy groups -OCH3 is 2. The highest BCUT2D eigenvalue weighted by Crippen LogP contribution is 1.99. The molecule has 0 heterocycles. The molecule has 0 aliphatic rings. The number of carbonyl (C=O) groups excluding carboxylic acids is 2. The van der Waals surface area contributed by atoms with Crippen LogP contribution in [0.4, 0.5) is 9.59 Å². The third-order valence-corrected chi connectivity index (χ3v) is 2.47. The molecule has 0 fully saturated rings. The first-order valence-electron chi connectivity index (χ1n) is 6.23. The third kappa shape index (κ3) is 10.4. The molecule has 0 N–H and O–H groups in total. The summed E-state index contributed by atoms with van der Waals surface area (Å²) >= 11 is 0. The average Bonchev–Trinajstić information content (AvgIpc) is 2.44. The molecule has 0 bridgehead atoms. The predicted molar refractivity (Wildman–Crippen MR) is 67.0 cm³/mol. The van der Waals surface area contributed by atoms with Crippen molar-refractivity contribution in [1.29, 1.82) is 0 Å². The van der Waals surface area contributed by atoms with Crippen molar-refractivity contribution in [2.45, 2.75) is 38.9 Å². The van der Waals surface area contributed by atoms with Crippen molar-refractivity contribution < 1.29 is 38.3 Å². The SMILES string of the molecule is COC(C)CCOC(=O)OOC(=O)OCCC(C)OC. The zero-order chi connectivity index (χ0) is 15.4. The fourth-order valence-corrected chi connectivity index (χ4v) is 0.968. The predicted octanol–water partition coefficient (Wildman–Crippen LogP) is 2.06. The Kier molecular flexibility index (Phi) is 10.4. The van der Waals surface area contributed by atoms with Crippen LogP contribution in [-0.4, -0.2) is 52.0 Å². The summed E-state index contributed by atoms with van der Waals surface area (Å²) in [6.07, 6.45) is -1.31. The largest absolute Gasteiger partial charge is 0.549 e. The van der Waals surface area contributed by atoms with E-state index in [0.29, 0.717) is 12.8 Å². The maximum atomic E-state index is 11.0. The van der Waals surface area contributed by atoms with Crippen molar-refractivity contribution in [1.82, 2.24) is 0 Å². The Morgan fingerprint density at radius 3 is 1.45 bits per heavy atom. The van der Waals surface area contributed by atoms with Crippen LogP contribution in [-0.2, 0) is 28.7 Å². The zero-order valence-electron chi connectivity index (χ0n) is 12.2. The fraction of sp³-hybridized carbons (Fsp3) is 0.833. The summed E-state index contributed by atoms with van der Waals surface area (Å²) in [4.78, 5) is 30.2. The van der Waals surface area contributed by atoms with Gasteiger partial charge in [-0.05, 0) is 13.8 Å². The Morgan fingerprint density at radius 2 is 1.15 bits per heavy atom. The third-order valence-electron chi connectivity index (χ3n) is 2.47. The van der Waals surface area contributed by atoms with Crippen molar-refractivity contribution in [3.05, 3.63) is 0 Å². The van der Waals surface area contributed by atoms with Crippen LogP contribution in [0.1, 0.15) is 26.7 Å². The average molecular weight is 294 g/mol. The van der Waals surface area contributed by atoms with Crippen LogP contribution in [0.25, 0.3) is 0 Å². The zero-order valence-corrected chi connectivity index (χ0v) is 12.2. The Bertz CT molecular complexity index is 253. The number of rotatable bonds is 8. The second kappa shape index (κ2) is 11.3. The molecule has 2 atom stereocenters. The molecule has 0 saturated heterocycles. The van der Waals surface area contributed by atoms with Crippen LogP contribution in [0.5, 0.6) is 0 Å². The van der Waals surface area contributed by atoms with Crippen LogP contribution in [0.3, 0.4) is 0 Å². The Morgan fingerprint density at radius 1 is 0.800 bits per heavy atom. The maximum absolute atomic E-state index is 11.0. The first-order valence-corrected chi connectivity index (χ1v) is 6.23. The van der Waals surface area contributed by atoms with Crippen LogP contribution in [0, 0.1) is 0 Å². The molecule has 0 radical (unpaired) electrons. The lowest BCUT2D eigenvalue weighted by Crippen LogP contribution is -2.17. The molecule has 0 aliphatic carbocycles. The molecule has 2 unspecified atom stereocenters. The van der Waals surface area contributed by atoms with E-state index in [2.05, 4.69) is 19.2 Å². The number of hydrogen-bond acceptors (Lipinski definition) is 8. The molecule has 0 aromatic rings. The monoisotopic (exact) mass is 294 g/mol. The van der Waals surface area contributed by atoms with Gasteiger partial charge in [0.1, 0.15) is 0 Å². The summed E-state index contributed by atoms with van der Waals surface area (Å²) in [7, 11) is 3.10. The topological polar surface area (TPSA) is 89.5 Å². The first-order chi connectivity index (χ1) is 9.49. The van der Waals surface area contributed by atoms with Gasteiger partial charge in [-0.1, -0.05) is 0 Å². The van der Waals surface area contributed by atoms with Crippen LogP contribution < -0.4 is 0 Å². The minimum absolute atomic E-state index is 0.0449. The van der Waals surface area contributed by atoms with Crippen LogP contribution in [0.2, 0.25) is 0 Å². The summed E-state index contributed by atoms with van der Waals surface area (Å²) in [5.41, 5.74) is 0. The van der Waals surface area contributed by atoms with Gasteiger partial charge in [0.2, 0.25) is 0 Å². The molecule has 0 aromatic carbocycles. The number of ether oxygens (including phenoxy) is 4. The minimum Gasteiger partial charge on any atom is -0.432 e. The highest BCUT2D eigenvalue weighted by molar-refractivity contribution is 5.63. The molecule has 8 nitrogen and oxygen atoms in total. The van der Waals surface area contributed by atoms with Crippen molar-refractivity contribution in [2.75, 3.05) is 27.4 Å². The smallest absolute Gasteiger partial charge is 0.432 e. The van der Waals surface area contributed by atoms with Gasteiger partial charge in [-0.15, -0.1) is 0 Å². The van der Waals surface area contributed by atoms with E-state index in [4.69, 9.17) is 9.47 Å². The molecule has 0 aliphatic heterocycles. The van der Waals surface area contributed by atoms with Crippen molar-refractivity contribution in [3.8, 4) is 0 Å². The Labute approximate surface area is 118 Å². The van der Waals surface area contributed by atoms with Gasteiger partial charge in [-0.2, -0.15) is 19.4 Å². The van der Waals surface area contributed by atoms with E-state index >= 15 is 0 Å². The second-order valence-electron chi connectivity index (χ2n) is 4.03. The first kappa shape index (κ1) is 18.5. The molecule has 0 aromatic heterocycles. The van der Waals surface area contributed by atoms with Gasteiger partial charge < -0.3 is 18.9 Å². The number of hydrogen-bond donors (Lipinski definition) is 0. The van der Waals surface area contributed by atoms with Crippen molar-refractivity contribution in [2.24, 2.45) is 0 Å². The molecule has 20 heavy (non-hydrogen) atoms. The molecule has 0 rings (SSSR count). The van der Waals surface area contributed by atoms with Crippen LogP contribution in [0.15, 0.2) is 0 Å². The summed E-state index contributed by atoms with van der Waals surface area (Å²) in [5, 5.41) is 0. The lowest BCUT2D eigenvalue weighted by molar-refractivity contribution is -0.218. The lowest BCUT2D eigenvalue weighted by Gasteiger charge is -2.10. The van der Waals surface area contributed by atoms with E-state index in [0.717, 1.165) is 0 Å². The van der Waals surface area contributed by atoms with Gasteiger partial charge >= 0.3 is 12.3 Å². The fourth-order valence-electron chi connectivity index (χ4n) is 0.968. The van der Waals surface area contributed by atoms with E-state index in [9.17, 15) is 9.59 Å². The van der Waals surface area contributed by atoms with Crippen molar-refractivity contribution in [3.63, 3.8) is 0 Å². The van der Waals surface area contributed by atoms with E-state index in [-0.39, 0.29) is 25.4 Å². The quantitative estimate of drug-likeness (QED) is 0.382. The van der Waals surface area contributed by atoms with Gasteiger partial charge in [0, 0.05) is 27.1 Å². The minimum atomic E-state index is -1.12. The molecule has 118 valence electrons. The molecule has 0 saturated carbocycles. The number of carbonyl (C=O) groups is 2. The second-order valence-corrected chi connectivity index (χ2v) is 4.03. The normalized spacial score (nSPS) is 13.2. The summed E-state index contributed by atoms with van der Waals surface area (Å²) in [5.74, 6) is 0. The van der Waals surface area contributed by atoms with E-state index in [1.165, 1.54) is 0 Å². The van der Waals surface area contributed by atoms with Gasteiger partial charge in [-0.3, -0.25) is 0 Å². The summed E-state index contributed by atoms with van der Waals surface area (Å²) in [6.45, 7) is 3.84. The Hall–Kier alpha value is -1.54. The van der Waals surface area contributed by atoms with E-state index in [1.807, 2.05) is 13.8 Å². The van der Waals surface area contributed by atoms with E-state index in [1.54, 1.807) is 14.2 Å². The molecular formula is C12H22O8. The Balaban J connectivity index is 3.56. The molecule has 0 amide bonds. The van der Waals surface area contributed by atoms with Gasteiger partial charge in [0.15, 0.2) is 0 Å². The van der Waals surface area contributed by atoms with E-state index < -0.39 is 12.3 Å². The van der Waals surface area contributed by atoms with Gasteiger partial charge in [-0.25, -0.2) is 0 Å². The molecule has 8 heteroatoms. The van der Waals surface area contributed by atoms with Crippen LogP contribution >= 0.6 is 0 Å². The molecular weight excluding hydrogens is 272 g/mol. The van der Waals surface area contributed by atoms with Gasteiger partial charge in [0.05, 0.1) is 25.4 Å². The maximum Gasteiger partial charge on any atom is 0.549 e. The highest BCUT2D eigenvalue weighted by Gasteiger charge is 2.13. The molecule has 0 spiro atoms. The highest BCUT2D eigenvalue weighted by atomic mass is 17.3. The standard InChI is InChI=1S/C12H22O8/c1-9(15-3)5-7-17-11(13)19-20-12(14)18-8-6-10(2)16-4/h9-10H,5-8H2,1-4H3. The summed E-state index contributed by atoms with van der Waals surface area (Å²) < 4.78 is 19.2.